The Morgan fingerprint density at radius 1 is 1.00 bits per heavy atom. The van der Waals surface area contributed by atoms with Crippen molar-refractivity contribution < 1.29 is 9.59 Å². The van der Waals surface area contributed by atoms with Gasteiger partial charge in [0.1, 0.15) is 11.2 Å². The first-order chi connectivity index (χ1) is 18.4. The largest absolute Gasteiger partial charge is 0.339 e. The number of amides is 3. The summed E-state index contributed by atoms with van der Waals surface area (Å²) in [5, 5.41) is 10.9. The van der Waals surface area contributed by atoms with Gasteiger partial charge in [-0.1, -0.05) is 6.92 Å². The van der Waals surface area contributed by atoms with Gasteiger partial charge in [0.2, 0.25) is 0 Å². The minimum atomic E-state index is -0.247. The number of pyridine rings is 3. The first-order valence-electron chi connectivity index (χ1n) is 12.3. The Kier molecular flexibility index (Phi) is 6.69. The van der Waals surface area contributed by atoms with Crippen molar-refractivity contribution in [1.29, 1.82) is 0 Å². The number of hydrogen-bond donors (Lipinski definition) is 3. The molecule has 0 saturated carbocycles. The third-order valence-corrected chi connectivity index (χ3v) is 6.16. The Bertz CT molecular complexity index is 1640. The smallest absolute Gasteiger partial charge is 0.321 e. The van der Waals surface area contributed by atoms with Gasteiger partial charge in [-0.05, 0) is 25.5 Å². The minimum absolute atomic E-state index is 0.102. The van der Waals surface area contributed by atoms with Crippen LogP contribution in [0.2, 0.25) is 0 Å². The van der Waals surface area contributed by atoms with Crippen LogP contribution in [0.5, 0.6) is 0 Å². The van der Waals surface area contributed by atoms with E-state index in [1.165, 1.54) is 4.90 Å². The van der Waals surface area contributed by atoms with Crippen molar-refractivity contribution in [2.45, 2.75) is 20.3 Å². The number of nitrogens with zero attached hydrogens (tertiary/aromatic N) is 7. The standard InChI is InChI=1S/C26H28N10O2/c1-5-7-36(6-2)25(37)19-13-28-14-20-21(19)32-24(31-20)22-18-9-16(11-29-23(18)34-33-22)15-8-17(12-27-10-15)30-26(38)35(3)4/h8-14H,5-7H2,1-4H3,(H,30,38)(H,31,32)(H,29,33,34). The van der Waals surface area contributed by atoms with E-state index in [9.17, 15) is 9.59 Å². The van der Waals surface area contributed by atoms with E-state index >= 15 is 0 Å². The van der Waals surface area contributed by atoms with Crippen LogP contribution in [0, 0.1) is 0 Å². The maximum absolute atomic E-state index is 13.2. The van der Waals surface area contributed by atoms with E-state index in [1.54, 1.807) is 50.0 Å². The Morgan fingerprint density at radius 2 is 1.79 bits per heavy atom. The molecule has 0 saturated heterocycles. The average molecular weight is 513 g/mol. The van der Waals surface area contributed by atoms with E-state index in [4.69, 9.17) is 4.98 Å². The monoisotopic (exact) mass is 512 g/mol. The fourth-order valence-electron chi connectivity index (χ4n) is 4.19. The zero-order valence-electron chi connectivity index (χ0n) is 21.6. The van der Waals surface area contributed by atoms with Gasteiger partial charge in [0.15, 0.2) is 11.5 Å². The molecule has 0 atom stereocenters. The quantitative estimate of drug-likeness (QED) is 0.299. The second kappa shape index (κ2) is 10.2. The normalized spacial score (nSPS) is 11.2. The van der Waals surface area contributed by atoms with Gasteiger partial charge in [0.25, 0.3) is 5.91 Å². The average Bonchev–Trinajstić information content (AvgIpc) is 3.55. The van der Waals surface area contributed by atoms with Crippen LogP contribution in [0.15, 0.2) is 43.1 Å². The number of nitrogens with one attached hydrogen (secondary N) is 3. The Morgan fingerprint density at radius 3 is 2.55 bits per heavy atom. The molecule has 0 radical (unpaired) electrons. The van der Waals surface area contributed by atoms with Crippen molar-refractivity contribution in [2.75, 3.05) is 32.5 Å². The summed E-state index contributed by atoms with van der Waals surface area (Å²) in [7, 11) is 3.34. The van der Waals surface area contributed by atoms with Crippen LogP contribution in [0.1, 0.15) is 30.6 Å². The minimum Gasteiger partial charge on any atom is -0.339 e. The molecule has 194 valence electrons. The molecular formula is C26H28N10O2. The van der Waals surface area contributed by atoms with Crippen molar-refractivity contribution in [3.05, 3.63) is 48.7 Å². The van der Waals surface area contributed by atoms with Gasteiger partial charge in [-0.2, -0.15) is 5.10 Å². The first-order valence-corrected chi connectivity index (χ1v) is 12.3. The van der Waals surface area contributed by atoms with Crippen LogP contribution >= 0.6 is 0 Å². The summed E-state index contributed by atoms with van der Waals surface area (Å²) in [5.41, 5.74) is 4.93. The number of aromatic amines is 2. The number of carbonyl (C=O) groups is 2. The topological polar surface area (TPSA) is 149 Å². The van der Waals surface area contributed by atoms with Gasteiger partial charge in [-0.3, -0.25) is 19.9 Å². The molecule has 0 fully saturated rings. The van der Waals surface area contributed by atoms with Gasteiger partial charge in [-0.25, -0.2) is 14.8 Å². The number of urea groups is 1. The number of carbonyl (C=O) groups excluding carboxylic acids is 2. The number of rotatable bonds is 7. The molecule has 0 bridgehead atoms. The SMILES string of the molecule is CCCN(CC)C(=O)c1cncc2[nH]c(-c3n[nH]c4ncc(-c5cncc(NC(=O)N(C)C)c5)cc34)nc12. The van der Waals surface area contributed by atoms with Crippen molar-refractivity contribution in [3.8, 4) is 22.6 Å². The highest BCUT2D eigenvalue weighted by Crippen LogP contribution is 2.30. The van der Waals surface area contributed by atoms with Crippen molar-refractivity contribution in [2.24, 2.45) is 0 Å². The Labute approximate surface area is 218 Å². The highest BCUT2D eigenvalue weighted by Gasteiger charge is 2.21. The molecule has 0 aromatic carbocycles. The summed E-state index contributed by atoms with van der Waals surface area (Å²) < 4.78 is 0. The summed E-state index contributed by atoms with van der Waals surface area (Å²) >= 11 is 0. The number of aromatic nitrogens is 7. The Balaban J connectivity index is 1.53. The number of H-pyrrole nitrogens is 2. The lowest BCUT2D eigenvalue weighted by Crippen LogP contribution is -2.31. The molecule has 0 aliphatic heterocycles. The van der Waals surface area contributed by atoms with Crippen molar-refractivity contribution >= 4 is 39.7 Å². The number of fused-ring (bicyclic) bond motifs is 2. The lowest BCUT2D eigenvalue weighted by atomic mass is 10.1. The molecule has 5 aromatic heterocycles. The molecule has 0 aliphatic carbocycles. The second-order valence-corrected chi connectivity index (χ2v) is 9.03. The highest BCUT2D eigenvalue weighted by atomic mass is 16.2. The van der Waals surface area contributed by atoms with E-state index in [-0.39, 0.29) is 11.9 Å². The maximum atomic E-state index is 13.2. The molecule has 5 aromatic rings. The summed E-state index contributed by atoms with van der Waals surface area (Å²) in [4.78, 5) is 49.5. The van der Waals surface area contributed by atoms with Crippen LogP contribution in [-0.4, -0.2) is 84.0 Å². The van der Waals surface area contributed by atoms with Gasteiger partial charge >= 0.3 is 6.03 Å². The number of anilines is 1. The molecule has 5 heterocycles. The fraction of sp³-hybridized carbons (Fsp3) is 0.269. The third kappa shape index (κ3) is 4.63. The van der Waals surface area contributed by atoms with Crippen LogP contribution in [0.3, 0.4) is 0 Å². The van der Waals surface area contributed by atoms with Crippen molar-refractivity contribution in [1.82, 2.24) is 44.9 Å². The van der Waals surface area contributed by atoms with Crippen LogP contribution in [0.4, 0.5) is 10.5 Å². The van der Waals surface area contributed by atoms with Crippen LogP contribution < -0.4 is 5.32 Å². The van der Waals surface area contributed by atoms with Crippen LogP contribution in [-0.2, 0) is 0 Å². The second-order valence-electron chi connectivity index (χ2n) is 9.03. The predicted molar refractivity (Wildman–Crippen MR) is 145 cm³/mol. The summed E-state index contributed by atoms with van der Waals surface area (Å²) in [5.74, 6) is 0.394. The number of imidazole rings is 1. The maximum Gasteiger partial charge on any atom is 0.321 e. The molecule has 12 heteroatoms. The zero-order valence-corrected chi connectivity index (χ0v) is 21.6. The Hall–Kier alpha value is -4.87. The molecule has 12 nitrogen and oxygen atoms in total. The molecule has 0 spiro atoms. The van der Waals surface area contributed by atoms with E-state index in [0.29, 0.717) is 52.5 Å². The van der Waals surface area contributed by atoms with E-state index < -0.39 is 0 Å². The van der Waals surface area contributed by atoms with Gasteiger partial charge in [-0.15, -0.1) is 0 Å². The fourth-order valence-corrected chi connectivity index (χ4v) is 4.19. The highest BCUT2D eigenvalue weighted by molar-refractivity contribution is 6.05. The van der Waals surface area contributed by atoms with Crippen LogP contribution in [0.25, 0.3) is 44.7 Å². The van der Waals surface area contributed by atoms with E-state index in [0.717, 1.165) is 22.9 Å². The summed E-state index contributed by atoms with van der Waals surface area (Å²) in [6.45, 7) is 5.27. The molecule has 5 rings (SSSR count). The van der Waals surface area contributed by atoms with Crippen molar-refractivity contribution in [3.63, 3.8) is 0 Å². The molecule has 38 heavy (non-hydrogen) atoms. The third-order valence-electron chi connectivity index (χ3n) is 6.16. The van der Waals surface area contributed by atoms with Gasteiger partial charge in [0, 0.05) is 56.9 Å². The van der Waals surface area contributed by atoms with Gasteiger partial charge in [0.05, 0.1) is 34.5 Å². The first kappa shape index (κ1) is 24.8. The molecule has 3 N–H and O–H groups in total. The lowest BCUT2D eigenvalue weighted by molar-refractivity contribution is 0.0766. The molecule has 0 aliphatic rings. The molecule has 3 amide bonds. The predicted octanol–water partition coefficient (Wildman–Crippen LogP) is 3.92. The summed E-state index contributed by atoms with van der Waals surface area (Å²) in [6.07, 6.45) is 9.08. The lowest BCUT2D eigenvalue weighted by Gasteiger charge is -2.19. The van der Waals surface area contributed by atoms with Gasteiger partial charge < -0.3 is 20.1 Å². The molecular weight excluding hydrogens is 484 g/mol. The number of hydrogen-bond acceptors (Lipinski definition) is 7. The molecule has 0 unspecified atom stereocenters. The zero-order chi connectivity index (χ0) is 26.8. The summed E-state index contributed by atoms with van der Waals surface area (Å²) in [6, 6.07) is 3.52. The van der Waals surface area contributed by atoms with E-state index in [2.05, 4.69) is 35.5 Å². The van der Waals surface area contributed by atoms with E-state index in [1.807, 2.05) is 26.0 Å².